The lowest BCUT2D eigenvalue weighted by Gasteiger charge is -2.18. The lowest BCUT2D eigenvalue weighted by atomic mass is 9.96. The highest BCUT2D eigenvalue weighted by Crippen LogP contribution is 2.21. The molecule has 1 amide bonds. The number of carbonyl (C=O) groups excluding carboxylic acids is 3. The smallest absolute Gasteiger partial charge is 0.343 e. The first-order chi connectivity index (χ1) is 14.4. The van der Waals surface area contributed by atoms with Gasteiger partial charge in [0.05, 0.1) is 12.7 Å². The summed E-state index contributed by atoms with van der Waals surface area (Å²) in [4.78, 5) is 36.4. The van der Waals surface area contributed by atoms with Gasteiger partial charge in [-0.2, -0.15) is 0 Å². The number of nitrogens with zero attached hydrogens (tertiary/aromatic N) is 1. The summed E-state index contributed by atoms with van der Waals surface area (Å²) in [5.74, 6) is -1.86. The Morgan fingerprint density at radius 3 is 2.50 bits per heavy atom. The van der Waals surface area contributed by atoms with Crippen molar-refractivity contribution in [3.05, 3.63) is 57.7 Å². The third-order valence-electron chi connectivity index (χ3n) is 5.31. The number of Topliss-reactive ketones (excluding diaryl/α,β-unsaturated/α-hetero) is 1. The normalized spacial score (nSPS) is 15.2. The number of nitrogens with two attached hydrogens (primary N) is 1. The van der Waals surface area contributed by atoms with Crippen molar-refractivity contribution in [3.63, 3.8) is 0 Å². The molecule has 1 aliphatic rings. The number of methoxy groups -OCH3 is 1. The predicted molar refractivity (Wildman–Crippen MR) is 112 cm³/mol. The molecule has 7 heteroatoms. The number of rotatable bonds is 8. The fourth-order valence-corrected chi connectivity index (χ4v) is 3.88. The molecule has 1 unspecified atom stereocenters. The average molecular weight is 410 g/mol. The van der Waals surface area contributed by atoms with Gasteiger partial charge in [0.2, 0.25) is 0 Å². The summed E-state index contributed by atoms with van der Waals surface area (Å²) in [7, 11) is 1.29. The van der Waals surface area contributed by atoms with Gasteiger partial charge in [0.15, 0.2) is 6.61 Å². The highest BCUT2D eigenvalue weighted by molar-refractivity contribution is 6.42. The molecule has 0 aliphatic heterocycles. The van der Waals surface area contributed by atoms with Gasteiger partial charge in [0.1, 0.15) is 5.76 Å². The molecule has 1 aromatic carbocycles. The van der Waals surface area contributed by atoms with Gasteiger partial charge in [-0.1, -0.05) is 50.3 Å². The molecule has 3 rings (SSSR count). The lowest BCUT2D eigenvalue weighted by Crippen LogP contribution is -2.40. The minimum Gasteiger partial charge on any atom is -0.485 e. The molecule has 1 aromatic heterocycles. The zero-order chi connectivity index (χ0) is 21.8. The molecular weight excluding hydrogens is 384 g/mol. The molecule has 1 heterocycles. The van der Waals surface area contributed by atoms with E-state index >= 15 is 0 Å². The van der Waals surface area contributed by atoms with Gasteiger partial charge in [-0.25, -0.2) is 4.79 Å². The molecule has 30 heavy (non-hydrogen) atoms. The number of hydrogen-bond acceptors (Lipinski definition) is 5. The molecule has 1 aliphatic carbocycles. The summed E-state index contributed by atoms with van der Waals surface area (Å²) < 4.78 is 12.5. The average Bonchev–Trinajstić information content (AvgIpc) is 3.05. The zero-order valence-electron chi connectivity index (χ0n) is 17.4. The summed E-state index contributed by atoms with van der Waals surface area (Å²) in [5, 5.41) is 1.35. The second-order valence-electron chi connectivity index (χ2n) is 7.27. The molecular formula is C23H26N2O5. The van der Waals surface area contributed by atoms with Crippen LogP contribution >= 0.6 is 0 Å². The zero-order valence-corrected chi connectivity index (χ0v) is 17.4. The van der Waals surface area contributed by atoms with Gasteiger partial charge < -0.3 is 19.8 Å². The number of primary amides is 1. The summed E-state index contributed by atoms with van der Waals surface area (Å²) in [6.45, 7) is 4.14. The van der Waals surface area contributed by atoms with Crippen LogP contribution < -0.4 is 16.3 Å². The third-order valence-corrected chi connectivity index (χ3v) is 5.31. The molecule has 0 spiro atoms. The number of ketones is 1. The van der Waals surface area contributed by atoms with E-state index in [0.29, 0.717) is 30.4 Å². The maximum absolute atomic E-state index is 12.8. The standard InChI is InChI=1S/C23H26N2O5/c1-4-16-19(21(27)23(24)28)20-17(25(16)12-15-8-6-5-7-9-15)11-10-14(2)22(20)30-13-18(26)29-3/h5-9,11,14H,4,10,12-13H2,1-3H3,(H2,24,28). The number of esters is 1. The monoisotopic (exact) mass is 410 g/mol. The van der Waals surface area contributed by atoms with Crippen molar-refractivity contribution >= 4 is 29.5 Å². The van der Waals surface area contributed by atoms with Crippen LogP contribution in [0.2, 0.25) is 0 Å². The molecule has 7 nitrogen and oxygen atoms in total. The fraction of sp³-hybridized carbons (Fsp3) is 0.348. The number of hydrogen-bond donors (Lipinski definition) is 1. The van der Waals surface area contributed by atoms with Crippen LogP contribution in [-0.2, 0) is 32.0 Å². The Balaban J connectivity index is 2.30. The highest BCUT2D eigenvalue weighted by atomic mass is 16.6. The third kappa shape index (κ3) is 4.01. The van der Waals surface area contributed by atoms with Gasteiger partial charge in [-0.15, -0.1) is 0 Å². The molecule has 0 fully saturated rings. The van der Waals surface area contributed by atoms with Crippen LogP contribution in [0.1, 0.15) is 41.9 Å². The first-order valence-corrected chi connectivity index (χ1v) is 9.92. The summed E-state index contributed by atoms with van der Waals surface area (Å²) >= 11 is 0. The van der Waals surface area contributed by atoms with Crippen LogP contribution in [0.3, 0.4) is 0 Å². The van der Waals surface area contributed by atoms with E-state index in [1.54, 1.807) is 0 Å². The van der Waals surface area contributed by atoms with E-state index in [0.717, 1.165) is 16.6 Å². The maximum atomic E-state index is 12.8. The second kappa shape index (κ2) is 8.98. The number of carbonyl (C=O) groups is 3. The van der Waals surface area contributed by atoms with Crippen LogP contribution in [0.4, 0.5) is 0 Å². The minimum absolute atomic E-state index is 0.0705. The van der Waals surface area contributed by atoms with Gasteiger partial charge in [-0.05, 0) is 18.4 Å². The summed E-state index contributed by atoms with van der Waals surface area (Å²) in [6, 6.07) is 9.86. The maximum Gasteiger partial charge on any atom is 0.343 e. The van der Waals surface area contributed by atoms with Crippen molar-refractivity contribution in [3.8, 4) is 0 Å². The number of aromatic nitrogens is 1. The number of ether oxygens (including phenoxy) is 2. The number of fused-ring (bicyclic) bond motifs is 1. The molecule has 0 radical (unpaired) electrons. The van der Waals surface area contributed by atoms with E-state index in [9.17, 15) is 14.4 Å². The highest BCUT2D eigenvalue weighted by Gasteiger charge is 2.29. The van der Waals surface area contributed by atoms with Crippen LogP contribution in [0.25, 0.3) is 11.8 Å². The van der Waals surface area contributed by atoms with E-state index < -0.39 is 17.7 Å². The minimum atomic E-state index is -1.02. The summed E-state index contributed by atoms with van der Waals surface area (Å²) in [5.41, 5.74) is 7.42. The number of benzene rings is 1. The Bertz CT molecular complexity index is 1100. The Morgan fingerprint density at radius 2 is 1.90 bits per heavy atom. The lowest BCUT2D eigenvalue weighted by molar-refractivity contribution is -0.143. The molecule has 2 aromatic rings. The molecule has 2 N–H and O–H groups in total. The summed E-state index contributed by atoms with van der Waals surface area (Å²) in [6.07, 6.45) is 3.25. The largest absolute Gasteiger partial charge is 0.485 e. The van der Waals surface area contributed by atoms with Gasteiger partial charge in [0, 0.05) is 28.7 Å². The Labute approximate surface area is 174 Å². The SMILES string of the molecule is CCc1c(C(=O)C(N)=O)c2c(n1Cc1ccccc1)=CCC(C)C=2OCC(=O)OC. The quantitative estimate of drug-likeness (QED) is 0.396. The van der Waals surface area contributed by atoms with Crippen molar-refractivity contribution in [1.82, 2.24) is 4.57 Å². The van der Waals surface area contributed by atoms with Gasteiger partial charge >= 0.3 is 5.97 Å². The van der Waals surface area contributed by atoms with Crippen LogP contribution in [0.15, 0.2) is 30.3 Å². The van der Waals surface area contributed by atoms with E-state index in [-0.39, 0.29) is 18.1 Å². The van der Waals surface area contributed by atoms with Crippen LogP contribution in [0, 0.1) is 5.92 Å². The first kappa shape index (κ1) is 21.4. The van der Waals surface area contributed by atoms with Crippen molar-refractivity contribution < 1.29 is 23.9 Å². The Morgan fingerprint density at radius 1 is 1.20 bits per heavy atom. The fourth-order valence-electron chi connectivity index (χ4n) is 3.88. The molecule has 1 atom stereocenters. The van der Waals surface area contributed by atoms with Gasteiger partial charge in [0.25, 0.3) is 11.7 Å². The van der Waals surface area contributed by atoms with E-state index in [1.165, 1.54) is 7.11 Å². The second-order valence-corrected chi connectivity index (χ2v) is 7.27. The van der Waals surface area contributed by atoms with Crippen molar-refractivity contribution in [1.29, 1.82) is 0 Å². The van der Waals surface area contributed by atoms with E-state index in [1.807, 2.05) is 54.8 Å². The van der Waals surface area contributed by atoms with Crippen molar-refractivity contribution in [2.45, 2.75) is 33.2 Å². The molecule has 0 bridgehead atoms. The van der Waals surface area contributed by atoms with Gasteiger partial charge in [-0.3, -0.25) is 9.59 Å². The van der Waals surface area contributed by atoms with Crippen molar-refractivity contribution in [2.75, 3.05) is 13.7 Å². The Hall–Kier alpha value is -3.35. The topological polar surface area (TPSA) is 101 Å². The molecule has 0 saturated carbocycles. The first-order valence-electron chi connectivity index (χ1n) is 9.92. The van der Waals surface area contributed by atoms with Crippen molar-refractivity contribution in [2.24, 2.45) is 11.7 Å². The Kier molecular flexibility index (Phi) is 6.40. The molecule has 158 valence electrons. The number of amides is 1. The van der Waals surface area contributed by atoms with Crippen LogP contribution in [-0.4, -0.2) is 35.9 Å². The van der Waals surface area contributed by atoms with E-state index in [4.69, 9.17) is 10.5 Å². The molecule has 0 saturated heterocycles. The predicted octanol–water partition coefficient (Wildman–Crippen LogP) is 0.885. The van der Waals surface area contributed by atoms with Crippen LogP contribution in [0.5, 0.6) is 0 Å². The van der Waals surface area contributed by atoms with E-state index in [2.05, 4.69) is 4.74 Å².